The Kier molecular flexibility index (Phi) is 12.6. The van der Waals surface area contributed by atoms with E-state index in [0.29, 0.717) is 30.3 Å². The highest BCUT2D eigenvalue weighted by atomic mass is 35.5. The van der Waals surface area contributed by atoms with Gasteiger partial charge in [-0.05, 0) is 49.4 Å². The van der Waals surface area contributed by atoms with E-state index in [1.165, 1.54) is 24.0 Å². The van der Waals surface area contributed by atoms with E-state index >= 15 is 0 Å². The number of carboxylic acids is 4. The van der Waals surface area contributed by atoms with E-state index in [-0.39, 0.29) is 0 Å². The summed E-state index contributed by atoms with van der Waals surface area (Å²) in [4.78, 5) is 40.7. The summed E-state index contributed by atoms with van der Waals surface area (Å²) in [5.41, 5.74) is 2.86. The lowest BCUT2D eigenvalue weighted by atomic mass is 9.79. The fourth-order valence-corrected chi connectivity index (χ4v) is 4.01. The molecular weight excluding hydrogens is 468 g/mol. The van der Waals surface area contributed by atoms with Crippen molar-refractivity contribution in [3.05, 3.63) is 58.7 Å². The number of nitrogens with one attached hydrogen (secondary N) is 1. The van der Waals surface area contributed by atoms with Crippen molar-refractivity contribution in [2.45, 2.75) is 25.3 Å². The Morgan fingerprint density at radius 1 is 0.971 bits per heavy atom. The second-order valence-corrected chi connectivity index (χ2v) is 8.06. The molecule has 2 atom stereocenters. The van der Waals surface area contributed by atoms with Gasteiger partial charge in [-0.1, -0.05) is 23.7 Å². The van der Waals surface area contributed by atoms with Crippen LogP contribution in [-0.4, -0.2) is 81.9 Å². The summed E-state index contributed by atoms with van der Waals surface area (Å²) in [5, 5.41) is 35.7. The lowest BCUT2D eigenvalue weighted by Crippen LogP contribution is -2.53. The van der Waals surface area contributed by atoms with Crippen molar-refractivity contribution >= 4 is 35.5 Å². The van der Waals surface area contributed by atoms with Gasteiger partial charge in [-0.25, -0.2) is 19.2 Å². The van der Waals surface area contributed by atoms with Gasteiger partial charge < -0.3 is 30.6 Å². The van der Waals surface area contributed by atoms with Crippen LogP contribution in [0.5, 0.6) is 0 Å². The molecule has 11 heteroatoms. The van der Waals surface area contributed by atoms with Crippen molar-refractivity contribution < 1.29 is 39.6 Å². The van der Waals surface area contributed by atoms with Crippen LogP contribution in [0.2, 0.25) is 5.02 Å². The zero-order chi connectivity index (χ0) is 25.7. The minimum absolute atomic E-state index is 0.558. The zero-order valence-corrected chi connectivity index (χ0v) is 19.4. The molecule has 0 radical (unpaired) electrons. The fraction of sp³-hybridized carbons (Fsp3) is 0.391. The van der Waals surface area contributed by atoms with Gasteiger partial charge in [-0.2, -0.15) is 0 Å². The largest absolute Gasteiger partial charge is 0.478 e. The van der Waals surface area contributed by atoms with Crippen LogP contribution in [0.1, 0.15) is 17.5 Å². The maximum atomic E-state index is 9.55. The Morgan fingerprint density at radius 2 is 1.50 bits per heavy atom. The molecule has 1 fully saturated rings. The van der Waals surface area contributed by atoms with Crippen LogP contribution < -0.4 is 5.32 Å². The predicted octanol–water partition coefficient (Wildman–Crippen LogP) is 1.77. The Morgan fingerprint density at radius 3 is 1.97 bits per heavy atom. The number of hydrogen-bond donors (Lipinski definition) is 5. The molecule has 1 aromatic rings. The molecule has 5 N–H and O–H groups in total. The molecule has 10 nitrogen and oxygen atoms in total. The van der Waals surface area contributed by atoms with E-state index in [1.54, 1.807) is 0 Å². The number of hydrogen-bond acceptors (Lipinski definition) is 6. The first kappa shape index (κ1) is 28.8. The first-order valence-corrected chi connectivity index (χ1v) is 10.8. The molecular formula is C23H29ClN2O8. The number of aliphatic carboxylic acids is 4. The third-order valence-electron chi connectivity index (χ3n) is 5.31. The van der Waals surface area contributed by atoms with Crippen LogP contribution in [0, 0.1) is 5.92 Å². The van der Waals surface area contributed by atoms with Gasteiger partial charge in [0.25, 0.3) is 0 Å². The average Bonchev–Trinajstić information content (AvgIpc) is 2.78. The minimum Gasteiger partial charge on any atom is -0.478 e. The zero-order valence-electron chi connectivity index (χ0n) is 18.7. The molecule has 0 amide bonds. The molecule has 2 unspecified atom stereocenters. The second kappa shape index (κ2) is 14.8. The van der Waals surface area contributed by atoms with Gasteiger partial charge in [0.15, 0.2) is 0 Å². The van der Waals surface area contributed by atoms with Crippen LogP contribution in [0.25, 0.3) is 0 Å². The molecule has 0 bridgehead atoms. The van der Waals surface area contributed by atoms with E-state index in [9.17, 15) is 19.2 Å². The van der Waals surface area contributed by atoms with Gasteiger partial charge in [0.2, 0.25) is 0 Å². The summed E-state index contributed by atoms with van der Waals surface area (Å²) in [6.07, 6.45) is 5.86. The van der Waals surface area contributed by atoms with Crippen LogP contribution in [0.4, 0.5) is 0 Å². The quantitative estimate of drug-likeness (QED) is 0.379. The van der Waals surface area contributed by atoms with Crippen molar-refractivity contribution in [3.63, 3.8) is 0 Å². The van der Waals surface area contributed by atoms with E-state index in [4.69, 9.17) is 32.0 Å². The van der Waals surface area contributed by atoms with Crippen LogP contribution in [0.3, 0.4) is 0 Å². The number of aryl methyl sites for hydroxylation is 1. The molecule has 1 aromatic carbocycles. The molecule has 0 aromatic heterocycles. The molecule has 2 aliphatic rings. The minimum atomic E-state index is -1.26. The number of piperazine rings is 1. The smallest absolute Gasteiger partial charge is 0.328 e. The fourth-order valence-electron chi connectivity index (χ4n) is 3.74. The van der Waals surface area contributed by atoms with Gasteiger partial charge in [-0.3, -0.25) is 0 Å². The standard InChI is InChI=1S/C15H21ClN2.2C4H4O4/c1-18-8-7-17-10-15(18)12-6-5-11-3-2-4-14(16)13(11)9-12;2*5-3(6)1-2-4(7)8/h2-4,12,15,17H,5-10H2,1H3;2*1-2H,(H,5,6)(H,7,8)/b;2*2-1-. The molecule has 1 saturated heterocycles. The monoisotopic (exact) mass is 496 g/mol. The van der Waals surface area contributed by atoms with Crippen LogP contribution >= 0.6 is 11.6 Å². The van der Waals surface area contributed by atoms with E-state index < -0.39 is 23.9 Å². The number of carboxylic acid groups (broad SMARTS) is 4. The molecule has 3 rings (SSSR count). The second-order valence-electron chi connectivity index (χ2n) is 7.65. The lowest BCUT2D eigenvalue weighted by molar-refractivity contribution is -0.134. The topological polar surface area (TPSA) is 164 Å². The predicted molar refractivity (Wildman–Crippen MR) is 125 cm³/mol. The highest BCUT2D eigenvalue weighted by molar-refractivity contribution is 6.31. The normalized spacial score (nSPS) is 19.8. The van der Waals surface area contributed by atoms with Crippen molar-refractivity contribution in [3.8, 4) is 0 Å². The first-order chi connectivity index (χ1) is 16.0. The number of carbonyl (C=O) groups is 4. The summed E-state index contributed by atoms with van der Waals surface area (Å²) < 4.78 is 0. The molecule has 1 aliphatic heterocycles. The Balaban J connectivity index is 0.000000304. The highest BCUT2D eigenvalue weighted by Gasteiger charge is 2.31. The summed E-state index contributed by atoms with van der Waals surface area (Å²) in [7, 11) is 2.26. The average molecular weight is 497 g/mol. The number of rotatable bonds is 5. The molecule has 0 saturated carbocycles. The van der Waals surface area contributed by atoms with Crippen molar-refractivity contribution in [1.82, 2.24) is 10.2 Å². The molecule has 0 spiro atoms. The Labute approximate surface area is 202 Å². The summed E-state index contributed by atoms with van der Waals surface area (Å²) in [5.74, 6) is -4.28. The van der Waals surface area contributed by atoms with Crippen molar-refractivity contribution in [2.75, 3.05) is 26.7 Å². The van der Waals surface area contributed by atoms with Crippen LogP contribution in [-0.2, 0) is 32.0 Å². The SMILES string of the molecule is CN1CCNCC1C1CCc2cccc(Cl)c2C1.O=C(O)/C=C\C(=O)O.O=C(O)/C=C\C(=O)O. The van der Waals surface area contributed by atoms with Gasteiger partial charge >= 0.3 is 23.9 Å². The number of fused-ring (bicyclic) bond motifs is 1. The Hall–Kier alpha value is -3.21. The Bertz CT molecular complexity index is 866. The number of nitrogens with zero attached hydrogens (tertiary/aromatic N) is 1. The molecule has 34 heavy (non-hydrogen) atoms. The van der Waals surface area contributed by atoms with Gasteiger partial charge in [0.1, 0.15) is 0 Å². The summed E-state index contributed by atoms with van der Waals surface area (Å²) in [6, 6.07) is 7.02. The summed E-state index contributed by atoms with van der Waals surface area (Å²) in [6.45, 7) is 3.41. The highest BCUT2D eigenvalue weighted by Crippen LogP contribution is 2.33. The number of benzene rings is 1. The van der Waals surface area contributed by atoms with Crippen molar-refractivity contribution in [1.29, 1.82) is 0 Å². The molecule has 1 aliphatic carbocycles. The van der Waals surface area contributed by atoms with E-state index in [0.717, 1.165) is 37.0 Å². The maximum Gasteiger partial charge on any atom is 0.328 e. The molecule has 1 heterocycles. The van der Waals surface area contributed by atoms with E-state index in [1.807, 2.05) is 6.07 Å². The van der Waals surface area contributed by atoms with E-state index in [2.05, 4.69) is 29.4 Å². The third kappa shape index (κ3) is 11.1. The molecule has 186 valence electrons. The van der Waals surface area contributed by atoms with Gasteiger partial charge in [0.05, 0.1) is 0 Å². The maximum absolute atomic E-state index is 9.55. The third-order valence-corrected chi connectivity index (χ3v) is 5.66. The summed E-state index contributed by atoms with van der Waals surface area (Å²) >= 11 is 6.35. The first-order valence-electron chi connectivity index (χ1n) is 10.5. The number of halogens is 1. The van der Waals surface area contributed by atoms with Gasteiger partial charge in [0, 0.05) is 55.0 Å². The lowest BCUT2D eigenvalue weighted by Gasteiger charge is -2.40. The van der Waals surface area contributed by atoms with Gasteiger partial charge in [-0.15, -0.1) is 0 Å². The number of likely N-dealkylation sites (N-methyl/N-ethyl adjacent to an activating group) is 1. The van der Waals surface area contributed by atoms with Crippen molar-refractivity contribution in [2.24, 2.45) is 5.92 Å². The van der Waals surface area contributed by atoms with Crippen LogP contribution in [0.15, 0.2) is 42.5 Å².